The van der Waals surface area contributed by atoms with Gasteiger partial charge in [-0.25, -0.2) is 0 Å². The van der Waals surface area contributed by atoms with Crippen LogP contribution >= 0.6 is 0 Å². The maximum absolute atomic E-state index is 11.8. The average Bonchev–Trinajstić information content (AvgIpc) is 2.26. The van der Waals surface area contributed by atoms with Crippen molar-refractivity contribution in [2.24, 2.45) is 11.1 Å². The fourth-order valence-electron chi connectivity index (χ4n) is 1.09. The van der Waals surface area contributed by atoms with Crippen LogP contribution < -0.4 is 11.1 Å². The highest BCUT2D eigenvalue weighted by Crippen LogP contribution is 2.18. The van der Waals surface area contributed by atoms with E-state index in [0.717, 1.165) is 12.0 Å². The van der Waals surface area contributed by atoms with E-state index in [0.29, 0.717) is 26.3 Å². The molecule has 0 aromatic heterocycles. The van der Waals surface area contributed by atoms with Crippen molar-refractivity contribution >= 4 is 5.91 Å². The van der Waals surface area contributed by atoms with Gasteiger partial charge in [0.25, 0.3) is 0 Å². The summed E-state index contributed by atoms with van der Waals surface area (Å²) >= 11 is 0. The van der Waals surface area contributed by atoms with Crippen molar-refractivity contribution in [1.82, 2.24) is 5.32 Å². The summed E-state index contributed by atoms with van der Waals surface area (Å²) in [6.07, 6.45) is 0.738. The van der Waals surface area contributed by atoms with Crippen LogP contribution in [0.1, 0.15) is 27.2 Å². The largest absolute Gasteiger partial charge is 0.375 e. The highest BCUT2D eigenvalue weighted by molar-refractivity contribution is 5.82. The van der Waals surface area contributed by atoms with E-state index >= 15 is 0 Å². The van der Waals surface area contributed by atoms with E-state index in [2.05, 4.69) is 11.9 Å². The fourth-order valence-corrected chi connectivity index (χ4v) is 1.09. The summed E-state index contributed by atoms with van der Waals surface area (Å²) in [6, 6.07) is 0. The number of nitrogens with one attached hydrogen (secondary N) is 1. The minimum Gasteiger partial charge on any atom is -0.375 e. The molecule has 94 valence electrons. The first-order chi connectivity index (χ1) is 7.46. The number of carbonyl (C=O) groups excluding carboxylic acids is 1. The molecule has 0 fully saturated rings. The van der Waals surface area contributed by atoms with E-state index in [-0.39, 0.29) is 5.91 Å². The third-order valence-electron chi connectivity index (χ3n) is 2.66. The fraction of sp³-hybridized carbons (Fsp3) is 0.750. The molecule has 0 rings (SSSR count). The lowest BCUT2D eigenvalue weighted by Gasteiger charge is -2.24. The molecule has 1 unspecified atom stereocenters. The van der Waals surface area contributed by atoms with Crippen molar-refractivity contribution in [2.75, 3.05) is 26.3 Å². The molecule has 0 aromatic rings. The molecule has 1 amide bonds. The minimum absolute atomic E-state index is 0.00331. The van der Waals surface area contributed by atoms with Crippen molar-refractivity contribution < 1.29 is 9.53 Å². The van der Waals surface area contributed by atoms with Crippen LogP contribution in [0.25, 0.3) is 0 Å². The molecule has 0 heterocycles. The summed E-state index contributed by atoms with van der Waals surface area (Å²) in [4.78, 5) is 11.8. The van der Waals surface area contributed by atoms with Crippen molar-refractivity contribution in [2.45, 2.75) is 27.2 Å². The number of amides is 1. The summed E-state index contributed by atoms with van der Waals surface area (Å²) in [5, 5.41) is 2.83. The molecule has 0 spiro atoms. The van der Waals surface area contributed by atoms with Gasteiger partial charge in [0.2, 0.25) is 5.91 Å². The van der Waals surface area contributed by atoms with Gasteiger partial charge in [-0.05, 0) is 20.3 Å². The molecule has 0 saturated carbocycles. The van der Waals surface area contributed by atoms with Crippen LogP contribution in [0.5, 0.6) is 0 Å². The molecule has 3 N–H and O–H groups in total. The molecule has 4 heteroatoms. The van der Waals surface area contributed by atoms with Crippen LogP contribution in [0, 0.1) is 5.41 Å². The zero-order valence-corrected chi connectivity index (χ0v) is 10.6. The Morgan fingerprint density at radius 3 is 2.62 bits per heavy atom. The Morgan fingerprint density at radius 2 is 2.19 bits per heavy atom. The third-order valence-corrected chi connectivity index (χ3v) is 2.66. The first-order valence-corrected chi connectivity index (χ1v) is 5.66. The average molecular weight is 228 g/mol. The van der Waals surface area contributed by atoms with Gasteiger partial charge < -0.3 is 15.8 Å². The van der Waals surface area contributed by atoms with E-state index in [1.54, 1.807) is 0 Å². The molecule has 16 heavy (non-hydrogen) atoms. The van der Waals surface area contributed by atoms with Gasteiger partial charge in [-0.2, -0.15) is 0 Å². The maximum Gasteiger partial charge on any atom is 0.227 e. The monoisotopic (exact) mass is 228 g/mol. The van der Waals surface area contributed by atoms with Gasteiger partial charge in [0.1, 0.15) is 0 Å². The van der Waals surface area contributed by atoms with E-state index < -0.39 is 5.41 Å². The molecule has 1 atom stereocenters. The second kappa shape index (κ2) is 7.41. The zero-order chi connectivity index (χ0) is 12.6. The van der Waals surface area contributed by atoms with E-state index in [1.165, 1.54) is 0 Å². The Hall–Kier alpha value is -0.870. The smallest absolute Gasteiger partial charge is 0.227 e. The number of rotatable bonds is 8. The number of nitrogens with two attached hydrogens (primary N) is 1. The van der Waals surface area contributed by atoms with Crippen molar-refractivity contribution in [1.29, 1.82) is 0 Å². The van der Waals surface area contributed by atoms with Crippen LogP contribution in [0.2, 0.25) is 0 Å². The van der Waals surface area contributed by atoms with Gasteiger partial charge >= 0.3 is 0 Å². The second-order valence-corrected chi connectivity index (χ2v) is 4.38. The lowest BCUT2D eigenvalue weighted by atomic mass is 9.87. The summed E-state index contributed by atoms with van der Waals surface area (Å²) in [7, 11) is 0. The van der Waals surface area contributed by atoms with Gasteiger partial charge in [-0.15, -0.1) is 0 Å². The number of ether oxygens (including phenoxy) is 1. The van der Waals surface area contributed by atoms with Gasteiger partial charge in [-0.1, -0.05) is 19.1 Å². The van der Waals surface area contributed by atoms with Crippen LogP contribution in [-0.4, -0.2) is 32.2 Å². The quantitative estimate of drug-likeness (QED) is 0.482. The van der Waals surface area contributed by atoms with Gasteiger partial charge in [-0.3, -0.25) is 4.79 Å². The summed E-state index contributed by atoms with van der Waals surface area (Å²) in [5.41, 5.74) is 6.10. The summed E-state index contributed by atoms with van der Waals surface area (Å²) in [5.74, 6) is -0.00331. The van der Waals surface area contributed by atoms with Crippen LogP contribution in [0.4, 0.5) is 0 Å². The van der Waals surface area contributed by atoms with Crippen LogP contribution in [0.15, 0.2) is 12.2 Å². The van der Waals surface area contributed by atoms with Crippen molar-refractivity contribution in [3.63, 3.8) is 0 Å². The number of hydrogen-bond donors (Lipinski definition) is 2. The zero-order valence-electron chi connectivity index (χ0n) is 10.6. The van der Waals surface area contributed by atoms with Crippen molar-refractivity contribution in [3.8, 4) is 0 Å². The molecular formula is C12H24N2O2. The Morgan fingerprint density at radius 1 is 1.56 bits per heavy atom. The molecule has 0 saturated heterocycles. The number of hydrogen-bond acceptors (Lipinski definition) is 3. The molecule has 0 radical (unpaired) electrons. The predicted octanol–water partition coefficient (Wildman–Crippen LogP) is 1.07. The van der Waals surface area contributed by atoms with Crippen LogP contribution in [-0.2, 0) is 9.53 Å². The first kappa shape index (κ1) is 15.1. The van der Waals surface area contributed by atoms with E-state index in [9.17, 15) is 4.79 Å². The molecular weight excluding hydrogens is 204 g/mol. The second-order valence-electron chi connectivity index (χ2n) is 4.38. The van der Waals surface area contributed by atoms with E-state index in [1.807, 2.05) is 20.8 Å². The Kier molecular flexibility index (Phi) is 7.01. The van der Waals surface area contributed by atoms with Crippen LogP contribution in [0.3, 0.4) is 0 Å². The molecule has 0 bridgehead atoms. The summed E-state index contributed by atoms with van der Waals surface area (Å²) < 4.78 is 5.28. The highest BCUT2D eigenvalue weighted by atomic mass is 16.5. The SMILES string of the molecule is C=C(C)COCCNC(=O)C(C)(CC)CN. The standard InChI is InChI=1S/C12H24N2O2/c1-5-12(4,9-13)11(15)14-6-7-16-8-10(2)3/h2,5-9,13H2,1,3-4H3,(H,14,15). The van der Waals surface area contributed by atoms with Gasteiger partial charge in [0, 0.05) is 13.1 Å². The Balaban J connectivity index is 3.77. The minimum atomic E-state index is -0.464. The Bertz CT molecular complexity index is 235. The lowest BCUT2D eigenvalue weighted by molar-refractivity contribution is -0.130. The van der Waals surface area contributed by atoms with Gasteiger partial charge in [0.05, 0.1) is 18.6 Å². The Labute approximate surface area is 98.2 Å². The molecule has 0 aliphatic rings. The van der Waals surface area contributed by atoms with Crippen molar-refractivity contribution in [3.05, 3.63) is 12.2 Å². The first-order valence-electron chi connectivity index (χ1n) is 5.66. The molecule has 0 aliphatic heterocycles. The highest BCUT2D eigenvalue weighted by Gasteiger charge is 2.28. The predicted molar refractivity (Wildman–Crippen MR) is 66.1 cm³/mol. The molecule has 0 aromatic carbocycles. The van der Waals surface area contributed by atoms with Gasteiger partial charge in [0.15, 0.2) is 0 Å². The van der Waals surface area contributed by atoms with E-state index in [4.69, 9.17) is 10.5 Å². The summed E-state index contributed by atoms with van der Waals surface area (Å²) in [6.45, 7) is 11.4. The normalized spacial score (nSPS) is 14.2. The third kappa shape index (κ3) is 5.28. The molecule has 4 nitrogen and oxygen atoms in total. The molecule has 0 aliphatic carbocycles. The maximum atomic E-state index is 11.8. The lowest BCUT2D eigenvalue weighted by Crippen LogP contribution is -2.44. The number of carbonyl (C=O) groups is 1. The topological polar surface area (TPSA) is 64.3 Å².